The summed E-state index contributed by atoms with van der Waals surface area (Å²) in [4.78, 5) is 15.6. The van der Waals surface area contributed by atoms with Crippen LogP contribution in [0.1, 0.15) is 36.8 Å². The molecule has 3 heteroatoms. The van der Waals surface area contributed by atoms with Crippen LogP contribution in [0.15, 0.2) is 18.3 Å². The molecular weight excluding hydrogens is 200 g/mol. The van der Waals surface area contributed by atoms with Crippen molar-refractivity contribution in [3.05, 3.63) is 29.5 Å². The molecular formula is C13H16N2O. The number of rotatable bonds is 1. The molecule has 1 heterocycles. The highest BCUT2D eigenvalue weighted by molar-refractivity contribution is 5.98. The minimum atomic E-state index is 0.204. The number of hydrogen-bond donors (Lipinski definition) is 1. The van der Waals surface area contributed by atoms with Crippen LogP contribution in [-0.2, 0) is 4.79 Å². The van der Waals surface area contributed by atoms with Gasteiger partial charge >= 0.3 is 0 Å². The Morgan fingerprint density at radius 1 is 1.31 bits per heavy atom. The van der Waals surface area contributed by atoms with Crippen molar-refractivity contribution in [1.29, 1.82) is 0 Å². The summed E-state index contributed by atoms with van der Waals surface area (Å²) in [5, 5.41) is 0. The third-order valence-electron chi connectivity index (χ3n) is 2.96. The number of nitrogen functional groups attached to an aromatic ring is 1. The van der Waals surface area contributed by atoms with Crippen molar-refractivity contribution in [3.8, 4) is 0 Å². The third kappa shape index (κ3) is 2.13. The average molecular weight is 216 g/mol. The highest BCUT2D eigenvalue weighted by Crippen LogP contribution is 2.29. The molecule has 0 aromatic carbocycles. The molecule has 0 bridgehead atoms. The lowest BCUT2D eigenvalue weighted by atomic mass is 9.98. The first kappa shape index (κ1) is 10.9. The van der Waals surface area contributed by atoms with Gasteiger partial charge < -0.3 is 5.73 Å². The Bertz CT molecular complexity index is 429. The van der Waals surface area contributed by atoms with Crippen molar-refractivity contribution in [3.63, 3.8) is 0 Å². The van der Waals surface area contributed by atoms with E-state index >= 15 is 0 Å². The highest BCUT2D eigenvalue weighted by atomic mass is 16.1. The number of hydrogen-bond acceptors (Lipinski definition) is 3. The maximum atomic E-state index is 11.6. The van der Waals surface area contributed by atoms with E-state index in [1.54, 1.807) is 12.3 Å². The summed E-state index contributed by atoms with van der Waals surface area (Å²) in [5.74, 6) is 0.733. The van der Waals surface area contributed by atoms with E-state index in [1.807, 2.05) is 13.0 Å². The quantitative estimate of drug-likeness (QED) is 0.784. The van der Waals surface area contributed by atoms with E-state index in [4.69, 9.17) is 5.73 Å². The Hall–Kier alpha value is -1.64. The van der Waals surface area contributed by atoms with Crippen LogP contribution < -0.4 is 5.73 Å². The van der Waals surface area contributed by atoms with Crippen LogP contribution in [0, 0.1) is 6.92 Å². The van der Waals surface area contributed by atoms with E-state index in [1.165, 1.54) is 0 Å². The predicted octanol–water partition coefficient (Wildman–Crippen LogP) is 2.50. The number of nitrogens with two attached hydrogens (primary N) is 1. The minimum Gasteiger partial charge on any atom is -0.383 e. The Labute approximate surface area is 95.4 Å². The number of pyridine rings is 1. The van der Waals surface area contributed by atoms with Crippen LogP contribution in [0.25, 0.3) is 5.57 Å². The van der Waals surface area contributed by atoms with Gasteiger partial charge in [0.1, 0.15) is 5.82 Å². The number of allylic oxidation sites excluding steroid dienone is 2. The first-order chi connectivity index (χ1) is 7.68. The molecule has 0 radical (unpaired) electrons. The van der Waals surface area contributed by atoms with Gasteiger partial charge in [-0.05, 0) is 49.5 Å². The van der Waals surface area contributed by atoms with Crippen molar-refractivity contribution in [2.24, 2.45) is 0 Å². The lowest BCUT2D eigenvalue weighted by Gasteiger charge is -2.10. The summed E-state index contributed by atoms with van der Waals surface area (Å²) in [6, 6.07) is 1.93. The van der Waals surface area contributed by atoms with Crippen molar-refractivity contribution < 1.29 is 4.79 Å². The number of ketones is 1. The molecule has 0 saturated heterocycles. The van der Waals surface area contributed by atoms with E-state index < -0.39 is 0 Å². The van der Waals surface area contributed by atoms with Crippen molar-refractivity contribution >= 4 is 17.2 Å². The summed E-state index contributed by atoms with van der Waals surface area (Å²) in [7, 11) is 0. The third-order valence-corrected chi connectivity index (χ3v) is 2.96. The fourth-order valence-corrected chi connectivity index (χ4v) is 2.15. The molecule has 0 aliphatic heterocycles. The first-order valence-corrected chi connectivity index (χ1v) is 5.63. The van der Waals surface area contributed by atoms with Crippen LogP contribution in [0.5, 0.6) is 0 Å². The van der Waals surface area contributed by atoms with Crippen molar-refractivity contribution in [1.82, 2.24) is 4.98 Å². The maximum absolute atomic E-state index is 11.6. The molecule has 0 fully saturated rings. The second-order valence-corrected chi connectivity index (χ2v) is 4.23. The molecule has 2 N–H and O–H groups in total. The lowest BCUT2D eigenvalue weighted by molar-refractivity contribution is -0.114. The van der Waals surface area contributed by atoms with E-state index in [0.717, 1.165) is 36.0 Å². The van der Waals surface area contributed by atoms with Gasteiger partial charge in [-0.1, -0.05) is 0 Å². The number of anilines is 1. The molecule has 1 aliphatic rings. The van der Waals surface area contributed by atoms with E-state index in [-0.39, 0.29) is 5.78 Å². The fourth-order valence-electron chi connectivity index (χ4n) is 2.15. The zero-order valence-electron chi connectivity index (χ0n) is 9.49. The Balaban J connectivity index is 2.46. The molecule has 1 aliphatic carbocycles. The van der Waals surface area contributed by atoms with Gasteiger partial charge in [0.05, 0.1) is 0 Å². The average Bonchev–Trinajstić information content (AvgIpc) is 2.43. The molecule has 84 valence electrons. The Morgan fingerprint density at radius 2 is 2.06 bits per heavy atom. The molecule has 0 atom stereocenters. The second-order valence-electron chi connectivity index (χ2n) is 4.23. The summed E-state index contributed by atoms with van der Waals surface area (Å²) >= 11 is 0. The fraction of sp³-hybridized carbons (Fsp3) is 0.385. The van der Waals surface area contributed by atoms with E-state index in [9.17, 15) is 4.79 Å². The van der Waals surface area contributed by atoms with Crippen LogP contribution >= 0.6 is 0 Å². The molecule has 0 saturated carbocycles. The van der Waals surface area contributed by atoms with Crippen molar-refractivity contribution in [2.75, 3.05) is 5.73 Å². The number of nitrogens with zero attached hydrogens (tertiary/aromatic N) is 1. The van der Waals surface area contributed by atoms with Gasteiger partial charge in [-0.15, -0.1) is 0 Å². The van der Waals surface area contributed by atoms with Gasteiger partial charge in [-0.3, -0.25) is 4.79 Å². The van der Waals surface area contributed by atoms with Gasteiger partial charge in [0, 0.05) is 18.2 Å². The summed E-state index contributed by atoms with van der Waals surface area (Å²) < 4.78 is 0. The number of carbonyl (C=O) groups is 1. The zero-order chi connectivity index (χ0) is 11.5. The summed E-state index contributed by atoms with van der Waals surface area (Å²) in [6.07, 6.45) is 7.04. The monoisotopic (exact) mass is 216 g/mol. The zero-order valence-corrected chi connectivity index (χ0v) is 9.49. The molecule has 2 rings (SSSR count). The highest BCUT2D eigenvalue weighted by Gasteiger charge is 2.14. The van der Waals surface area contributed by atoms with Gasteiger partial charge in [-0.2, -0.15) is 0 Å². The Morgan fingerprint density at radius 3 is 2.81 bits per heavy atom. The largest absolute Gasteiger partial charge is 0.383 e. The molecule has 16 heavy (non-hydrogen) atoms. The SMILES string of the molecule is Cc1ccnc(N)c1C1=CC(=O)CCCC1. The number of aromatic nitrogens is 1. The van der Waals surface area contributed by atoms with E-state index in [2.05, 4.69) is 4.98 Å². The van der Waals surface area contributed by atoms with Crippen LogP contribution in [-0.4, -0.2) is 10.8 Å². The number of aryl methyl sites for hydroxylation is 1. The van der Waals surface area contributed by atoms with Crippen molar-refractivity contribution in [2.45, 2.75) is 32.6 Å². The minimum absolute atomic E-state index is 0.204. The number of carbonyl (C=O) groups excluding carboxylic acids is 1. The topological polar surface area (TPSA) is 56.0 Å². The smallest absolute Gasteiger partial charge is 0.155 e. The molecule has 1 aromatic heterocycles. The maximum Gasteiger partial charge on any atom is 0.155 e. The van der Waals surface area contributed by atoms with Crippen LogP contribution in [0.2, 0.25) is 0 Å². The standard InChI is InChI=1S/C13H16N2O/c1-9-6-7-15-13(14)12(9)10-4-2-3-5-11(16)8-10/h6-8H,2-5H2,1H3,(H2,14,15). The predicted molar refractivity (Wildman–Crippen MR) is 64.8 cm³/mol. The van der Waals surface area contributed by atoms with Crippen LogP contribution in [0.4, 0.5) is 5.82 Å². The summed E-state index contributed by atoms with van der Waals surface area (Å²) in [5.41, 5.74) is 8.98. The van der Waals surface area contributed by atoms with Gasteiger partial charge in [0.15, 0.2) is 5.78 Å². The molecule has 3 nitrogen and oxygen atoms in total. The lowest BCUT2D eigenvalue weighted by Crippen LogP contribution is -2.00. The van der Waals surface area contributed by atoms with Gasteiger partial charge in [-0.25, -0.2) is 4.98 Å². The molecule has 0 spiro atoms. The molecule has 1 aromatic rings. The summed E-state index contributed by atoms with van der Waals surface area (Å²) in [6.45, 7) is 2.00. The Kier molecular flexibility index (Phi) is 3.04. The van der Waals surface area contributed by atoms with Gasteiger partial charge in [0.25, 0.3) is 0 Å². The van der Waals surface area contributed by atoms with E-state index in [0.29, 0.717) is 12.2 Å². The van der Waals surface area contributed by atoms with Crippen LogP contribution in [0.3, 0.4) is 0 Å². The molecule has 0 unspecified atom stereocenters. The van der Waals surface area contributed by atoms with Gasteiger partial charge in [0.2, 0.25) is 0 Å². The first-order valence-electron chi connectivity index (χ1n) is 5.63. The second kappa shape index (κ2) is 4.47. The normalized spacial score (nSPS) is 16.8. The molecule has 0 amide bonds.